The Morgan fingerprint density at radius 1 is 1.00 bits per heavy atom. The third-order valence-electron chi connectivity index (χ3n) is 16.8. The second-order valence-electron chi connectivity index (χ2n) is 19.9. The first kappa shape index (κ1) is 39.8. The minimum Gasteiger partial charge on any atom is -0.506 e. The van der Waals surface area contributed by atoms with Gasteiger partial charge in [0.15, 0.2) is 5.78 Å². The fraction of sp³-hybridized carbons (Fsp3) is 0.660. The van der Waals surface area contributed by atoms with Crippen LogP contribution in [0, 0.1) is 46.8 Å². The molecule has 59 heavy (non-hydrogen) atoms. The van der Waals surface area contributed by atoms with Crippen LogP contribution < -0.4 is 4.74 Å². The lowest BCUT2D eigenvalue weighted by atomic mass is 9.43. The SMILES string of the molecule is CC(=O)c1c(C)cc2cc(C(=O)O)cc(O[C@@H]3O[C@H](CO)[C@]4(C[C@H]5C6=C(CC=C6[C@]6(CCO)COC[C@H]7C[C@@]8(CCC9(CCCC9)C8)C[C@@H]5[C@@H]76)CO4)[C@H](O)[C@H]3O)c2c1O. The number of Topliss-reactive ketones (excluding diaryl/α,β-unsaturated/α-hetero) is 1. The van der Waals surface area contributed by atoms with E-state index in [1.165, 1.54) is 75.1 Å². The van der Waals surface area contributed by atoms with E-state index >= 15 is 0 Å². The van der Waals surface area contributed by atoms with Crippen molar-refractivity contribution in [1.82, 2.24) is 0 Å². The topological polar surface area (TPSA) is 192 Å². The number of hydrogen-bond donors (Lipinski definition) is 6. The van der Waals surface area contributed by atoms with Crippen molar-refractivity contribution < 1.29 is 59.2 Å². The van der Waals surface area contributed by atoms with Crippen LogP contribution in [0.15, 0.2) is 41.0 Å². The number of hydrogen-bond acceptors (Lipinski definition) is 11. The van der Waals surface area contributed by atoms with Crippen molar-refractivity contribution in [3.05, 3.63) is 57.7 Å². The molecule has 12 nitrogen and oxygen atoms in total. The van der Waals surface area contributed by atoms with E-state index in [0.29, 0.717) is 54.8 Å². The molecule has 11 atom stereocenters. The number of benzene rings is 2. The largest absolute Gasteiger partial charge is 0.506 e. The fourth-order valence-electron chi connectivity index (χ4n) is 14.8. The van der Waals surface area contributed by atoms with Gasteiger partial charge in [-0.25, -0.2) is 4.79 Å². The Balaban J connectivity index is 1.03. The van der Waals surface area contributed by atoms with E-state index in [1.807, 2.05) is 0 Å². The predicted molar refractivity (Wildman–Crippen MR) is 214 cm³/mol. The van der Waals surface area contributed by atoms with Crippen molar-refractivity contribution in [2.75, 3.05) is 33.0 Å². The van der Waals surface area contributed by atoms with Gasteiger partial charge < -0.3 is 49.6 Å². The highest BCUT2D eigenvalue weighted by molar-refractivity contribution is 6.08. The molecule has 2 aromatic rings. The Morgan fingerprint density at radius 3 is 2.51 bits per heavy atom. The van der Waals surface area contributed by atoms with Gasteiger partial charge in [0.2, 0.25) is 6.29 Å². The summed E-state index contributed by atoms with van der Waals surface area (Å²) in [6.07, 6.45) is 8.92. The van der Waals surface area contributed by atoms with Gasteiger partial charge in [-0.1, -0.05) is 25.0 Å². The smallest absolute Gasteiger partial charge is 0.335 e. The molecule has 3 aliphatic heterocycles. The summed E-state index contributed by atoms with van der Waals surface area (Å²) in [5, 5.41) is 68.1. The molecule has 3 spiro atoms. The molecule has 0 bridgehead atoms. The van der Waals surface area contributed by atoms with E-state index in [1.54, 1.807) is 13.0 Å². The van der Waals surface area contributed by atoms with Crippen molar-refractivity contribution in [3.8, 4) is 11.5 Å². The number of carboxylic acids is 1. The summed E-state index contributed by atoms with van der Waals surface area (Å²) < 4.78 is 26.1. The van der Waals surface area contributed by atoms with Crippen molar-refractivity contribution in [1.29, 1.82) is 0 Å². The number of ketones is 1. The van der Waals surface area contributed by atoms with E-state index in [0.717, 1.165) is 18.4 Å². The molecule has 12 heteroatoms. The molecule has 0 amide bonds. The van der Waals surface area contributed by atoms with Gasteiger partial charge in [0.25, 0.3) is 0 Å². The molecular weight excluding hydrogens is 757 g/mol. The summed E-state index contributed by atoms with van der Waals surface area (Å²) in [5.41, 5.74) is 2.68. The maximum atomic E-state index is 12.6. The highest BCUT2D eigenvalue weighted by Crippen LogP contribution is 2.72. The highest BCUT2D eigenvalue weighted by atomic mass is 16.7. The number of ether oxygens (including phenoxy) is 4. The number of aryl methyl sites for hydroxylation is 1. The standard InChI is InChI=1S/C47H58O12/c1-24-13-27-14-28(42(54)55)15-33(37(27)39(51)35(24)25(2)50)58-43-40(52)41(53)47(34(19-49)59-43)18-30-31-17-45(10-9-44(22-45)7-3-4-8-44)16-29-20-56-23-46(11-12-48,38(29)31)32-6-5-26(21-57-47)36(30)32/h6,13-15,29-31,34,38,40-41,43,48-49,51-53H,3-5,7-12,16-23H2,1-2H3,(H,54,55)/t29-,30-,31+,34-,38-,40-,41-,43-,45+,46+,47-/m1/s1. The maximum absolute atomic E-state index is 12.6. The van der Waals surface area contributed by atoms with Gasteiger partial charge in [0, 0.05) is 18.6 Å². The third-order valence-corrected chi connectivity index (χ3v) is 16.8. The molecule has 0 unspecified atom stereocenters. The van der Waals surface area contributed by atoms with E-state index in [2.05, 4.69) is 6.08 Å². The molecule has 2 aromatic carbocycles. The molecule has 4 saturated carbocycles. The lowest BCUT2D eigenvalue weighted by Crippen LogP contribution is -2.70. The first-order chi connectivity index (χ1) is 28.3. The number of rotatable bonds is 7. The molecular formula is C47H58O12. The zero-order chi connectivity index (χ0) is 41.2. The van der Waals surface area contributed by atoms with Crippen LogP contribution in [-0.4, -0.2) is 106 Å². The molecule has 2 saturated heterocycles. The lowest BCUT2D eigenvalue weighted by Gasteiger charge is -2.64. The Hall–Kier alpha value is -3.36. The molecule has 0 radical (unpaired) electrons. The van der Waals surface area contributed by atoms with E-state index in [4.69, 9.17) is 18.9 Å². The van der Waals surface area contributed by atoms with Crippen LogP contribution in [-0.2, 0) is 14.2 Å². The zero-order valence-electron chi connectivity index (χ0n) is 34.1. The van der Waals surface area contributed by atoms with Crippen LogP contribution in [0.5, 0.6) is 11.5 Å². The average Bonchev–Trinajstić information content (AvgIpc) is 3.91. The van der Waals surface area contributed by atoms with Gasteiger partial charge >= 0.3 is 5.97 Å². The number of carboxylic acid groups (broad SMARTS) is 1. The second kappa shape index (κ2) is 14.1. The number of allylic oxidation sites excluding steroid dienone is 2. The number of aromatic carboxylic acids is 1. The van der Waals surface area contributed by atoms with Crippen molar-refractivity contribution >= 4 is 22.5 Å². The summed E-state index contributed by atoms with van der Waals surface area (Å²) in [7, 11) is 0. The Bertz CT molecular complexity index is 2140. The van der Waals surface area contributed by atoms with Crippen LogP contribution in [0.4, 0.5) is 0 Å². The van der Waals surface area contributed by atoms with Gasteiger partial charge in [-0.3, -0.25) is 4.79 Å². The molecule has 6 fully saturated rings. The summed E-state index contributed by atoms with van der Waals surface area (Å²) in [6, 6.07) is 4.15. The van der Waals surface area contributed by atoms with Gasteiger partial charge in [-0.15, -0.1) is 0 Å². The average molecular weight is 815 g/mol. The molecule has 0 aromatic heterocycles. The first-order valence-corrected chi connectivity index (χ1v) is 21.9. The van der Waals surface area contributed by atoms with Crippen LogP contribution in [0.2, 0.25) is 0 Å². The van der Waals surface area contributed by atoms with Gasteiger partial charge in [-0.05, 0) is 152 Å². The number of aliphatic hydroxyl groups is 4. The van der Waals surface area contributed by atoms with Gasteiger partial charge in [0.05, 0.1) is 36.3 Å². The van der Waals surface area contributed by atoms with Crippen molar-refractivity contribution in [3.63, 3.8) is 0 Å². The molecule has 318 valence electrons. The number of carbonyl (C=O) groups is 2. The molecule has 5 aliphatic carbocycles. The predicted octanol–water partition coefficient (Wildman–Crippen LogP) is 5.76. The molecule has 6 N–H and O–H groups in total. The Kier molecular flexibility index (Phi) is 9.49. The second-order valence-corrected chi connectivity index (χ2v) is 19.9. The highest BCUT2D eigenvalue weighted by Gasteiger charge is 2.68. The zero-order valence-corrected chi connectivity index (χ0v) is 34.1. The number of fused-ring (bicyclic) bond motifs is 3. The number of carbonyl (C=O) groups excluding carboxylic acids is 1. The van der Waals surface area contributed by atoms with Gasteiger partial charge in [0.1, 0.15) is 35.4 Å². The quantitative estimate of drug-likeness (QED) is 0.186. The van der Waals surface area contributed by atoms with Crippen LogP contribution in [0.25, 0.3) is 10.8 Å². The van der Waals surface area contributed by atoms with E-state index in [-0.39, 0.29) is 64.1 Å². The maximum Gasteiger partial charge on any atom is 0.335 e. The monoisotopic (exact) mass is 814 g/mol. The van der Waals surface area contributed by atoms with Crippen LogP contribution >= 0.6 is 0 Å². The van der Waals surface area contributed by atoms with Crippen molar-refractivity contribution in [2.24, 2.45) is 39.9 Å². The van der Waals surface area contributed by atoms with E-state index in [9.17, 15) is 40.2 Å². The van der Waals surface area contributed by atoms with Crippen LogP contribution in [0.3, 0.4) is 0 Å². The van der Waals surface area contributed by atoms with E-state index < -0.39 is 54.3 Å². The summed E-state index contributed by atoms with van der Waals surface area (Å²) >= 11 is 0. The lowest BCUT2D eigenvalue weighted by molar-refractivity contribution is -0.326. The minimum absolute atomic E-state index is 0.0475. The third kappa shape index (κ3) is 5.79. The Morgan fingerprint density at radius 2 is 1.78 bits per heavy atom. The number of phenolic OH excluding ortho intramolecular Hbond substituents is 1. The van der Waals surface area contributed by atoms with Crippen LogP contribution in [0.1, 0.15) is 110 Å². The molecule has 3 heterocycles. The summed E-state index contributed by atoms with van der Waals surface area (Å²) in [4.78, 5) is 24.9. The first-order valence-electron chi connectivity index (χ1n) is 21.9. The number of aromatic hydroxyl groups is 1. The summed E-state index contributed by atoms with van der Waals surface area (Å²) in [5.74, 6) is -1.51. The van der Waals surface area contributed by atoms with Crippen molar-refractivity contribution in [2.45, 2.75) is 121 Å². The normalized spacial score (nSPS) is 39.4. The number of phenols is 1. The Labute approximate surface area is 344 Å². The summed E-state index contributed by atoms with van der Waals surface area (Å²) in [6.45, 7) is 3.88. The minimum atomic E-state index is -1.72. The van der Waals surface area contributed by atoms with Gasteiger partial charge in [-0.2, -0.15) is 0 Å². The fourth-order valence-corrected chi connectivity index (χ4v) is 14.8. The number of aliphatic hydroxyl groups excluding tert-OH is 4. The molecule has 8 aliphatic rings. The molecule has 10 rings (SSSR count).